The molecule has 0 atom stereocenters. The Bertz CT molecular complexity index is 675. The normalized spacial score (nSPS) is 11.0. The van der Waals surface area contributed by atoms with Crippen LogP contribution in [0.15, 0.2) is 60.2 Å². The van der Waals surface area contributed by atoms with Gasteiger partial charge in [0, 0.05) is 0 Å². The minimum Gasteiger partial charge on any atom is -0.477 e. The highest BCUT2D eigenvalue weighted by atomic mass is 19.1. The van der Waals surface area contributed by atoms with Crippen LogP contribution in [0.3, 0.4) is 0 Å². The lowest BCUT2D eigenvalue weighted by atomic mass is 10.1. The Kier molecular flexibility index (Phi) is 4.46. The first kappa shape index (κ1) is 14.5. The van der Waals surface area contributed by atoms with Gasteiger partial charge in [-0.15, -0.1) is 0 Å². The van der Waals surface area contributed by atoms with Crippen molar-refractivity contribution in [3.8, 4) is 5.75 Å². The molecule has 0 aliphatic carbocycles. The van der Waals surface area contributed by atoms with E-state index in [-0.39, 0.29) is 5.75 Å². The average molecular weight is 286 g/mol. The van der Waals surface area contributed by atoms with Gasteiger partial charge in [-0.25, -0.2) is 14.0 Å². The van der Waals surface area contributed by atoms with Crippen LogP contribution in [-0.2, 0) is 9.59 Å². The van der Waals surface area contributed by atoms with Crippen LogP contribution in [0.5, 0.6) is 5.75 Å². The molecule has 0 fully saturated rings. The van der Waals surface area contributed by atoms with Gasteiger partial charge in [0.2, 0.25) is 0 Å². The molecule has 0 aliphatic rings. The number of para-hydroxylation sites is 1. The van der Waals surface area contributed by atoms with Gasteiger partial charge in [-0.2, -0.15) is 0 Å². The van der Waals surface area contributed by atoms with Gasteiger partial charge in [-0.3, -0.25) is 0 Å². The zero-order valence-corrected chi connectivity index (χ0v) is 10.8. The molecule has 0 heterocycles. The van der Waals surface area contributed by atoms with E-state index < -0.39 is 23.3 Å². The van der Waals surface area contributed by atoms with Gasteiger partial charge in [0.05, 0.1) is 0 Å². The second-order valence-electron chi connectivity index (χ2n) is 4.12. The second-order valence-corrected chi connectivity index (χ2v) is 4.12. The summed E-state index contributed by atoms with van der Waals surface area (Å²) in [5, 5.41) is 9.09. The Balaban J connectivity index is 2.24. The summed E-state index contributed by atoms with van der Waals surface area (Å²) in [6.07, 6.45) is 1.13. The molecule has 106 valence electrons. The van der Waals surface area contributed by atoms with Gasteiger partial charge in [0.1, 0.15) is 17.1 Å². The maximum absolute atomic E-state index is 12.8. The molecule has 0 bridgehead atoms. The topological polar surface area (TPSA) is 63.6 Å². The van der Waals surface area contributed by atoms with E-state index >= 15 is 0 Å². The molecule has 0 radical (unpaired) electrons. The zero-order chi connectivity index (χ0) is 15.2. The maximum Gasteiger partial charge on any atom is 0.350 e. The van der Waals surface area contributed by atoms with Gasteiger partial charge >= 0.3 is 11.9 Å². The Hall–Kier alpha value is -2.95. The highest BCUT2D eigenvalue weighted by Crippen LogP contribution is 2.14. The smallest absolute Gasteiger partial charge is 0.350 e. The summed E-state index contributed by atoms with van der Waals surface area (Å²) in [6, 6.07) is 13.2. The maximum atomic E-state index is 12.8. The fourth-order valence-electron chi connectivity index (χ4n) is 1.58. The van der Waals surface area contributed by atoms with Crippen molar-refractivity contribution in [1.29, 1.82) is 0 Å². The Morgan fingerprint density at radius 1 is 1.00 bits per heavy atom. The monoisotopic (exact) mass is 286 g/mol. The molecule has 2 aromatic carbocycles. The molecular formula is C16H11FO4. The quantitative estimate of drug-likeness (QED) is 0.308. The predicted molar refractivity (Wildman–Crippen MR) is 74.1 cm³/mol. The van der Waals surface area contributed by atoms with E-state index in [9.17, 15) is 14.0 Å². The Morgan fingerprint density at radius 2 is 1.62 bits per heavy atom. The molecule has 21 heavy (non-hydrogen) atoms. The lowest BCUT2D eigenvalue weighted by Gasteiger charge is -2.04. The first-order valence-electron chi connectivity index (χ1n) is 6.04. The van der Waals surface area contributed by atoms with Crippen LogP contribution in [0.4, 0.5) is 4.39 Å². The summed E-state index contributed by atoms with van der Waals surface area (Å²) < 4.78 is 17.8. The molecule has 2 rings (SSSR count). The molecule has 1 N–H and O–H groups in total. The van der Waals surface area contributed by atoms with E-state index in [0.717, 1.165) is 6.08 Å². The number of aliphatic carboxylic acids is 1. The predicted octanol–water partition coefficient (Wildman–Crippen LogP) is 2.90. The van der Waals surface area contributed by atoms with Crippen LogP contribution in [-0.4, -0.2) is 17.0 Å². The number of carboxylic acids is 1. The summed E-state index contributed by atoms with van der Waals surface area (Å²) >= 11 is 0. The van der Waals surface area contributed by atoms with Crippen LogP contribution < -0.4 is 4.74 Å². The van der Waals surface area contributed by atoms with Crippen molar-refractivity contribution in [1.82, 2.24) is 0 Å². The summed E-state index contributed by atoms with van der Waals surface area (Å²) in [5.41, 5.74) is -0.149. The number of benzene rings is 2. The van der Waals surface area contributed by atoms with Gasteiger partial charge in [-0.05, 0) is 35.9 Å². The van der Waals surface area contributed by atoms with Crippen molar-refractivity contribution in [2.45, 2.75) is 0 Å². The fraction of sp³-hybridized carbons (Fsp3) is 0. The third kappa shape index (κ3) is 4.01. The first-order valence-corrected chi connectivity index (χ1v) is 6.04. The van der Waals surface area contributed by atoms with Crippen LogP contribution >= 0.6 is 0 Å². The van der Waals surface area contributed by atoms with Gasteiger partial charge in [0.15, 0.2) is 0 Å². The number of esters is 1. The molecule has 0 amide bonds. The van der Waals surface area contributed by atoms with Crippen molar-refractivity contribution in [3.05, 3.63) is 71.6 Å². The number of hydrogen-bond acceptors (Lipinski definition) is 3. The molecule has 0 saturated carbocycles. The van der Waals surface area contributed by atoms with E-state index in [1.807, 2.05) is 0 Å². The molecule has 0 saturated heterocycles. The Morgan fingerprint density at radius 3 is 2.19 bits per heavy atom. The number of hydrogen-bond donors (Lipinski definition) is 1. The number of carboxylic acid groups (broad SMARTS) is 1. The van der Waals surface area contributed by atoms with Gasteiger partial charge < -0.3 is 9.84 Å². The molecule has 0 spiro atoms. The molecule has 0 unspecified atom stereocenters. The highest BCUT2D eigenvalue weighted by molar-refractivity contribution is 6.17. The minimum absolute atomic E-state index is 0.244. The molecule has 5 heteroatoms. The average Bonchev–Trinajstić information content (AvgIpc) is 2.47. The zero-order valence-electron chi connectivity index (χ0n) is 10.8. The van der Waals surface area contributed by atoms with E-state index in [1.165, 1.54) is 36.4 Å². The van der Waals surface area contributed by atoms with E-state index in [2.05, 4.69) is 0 Å². The number of carbonyl (C=O) groups is 2. The first-order chi connectivity index (χ1) is 10.1. The van der Waals surface area contributed by atoms with Crippen LogP contribution in [0.2, 0.25) is 0 Å². The largest absolute Gasteiger partial charge is 0.477 e. The van der Waals surface area contributed by atoms with E-state index in [1.54, 1.807) is 18.2 Å². The van der Waals surface area contributed by atoms with Crippen LogP contribution in [0, 0.1) is 5.82 Å². The minimum atomic E-state index is -1.42. The fourth-order valence-corrected chi connectivity index (χ4v) is 1.58. The molecular weight excluding hydrogens is 275 g/mol. The number of halogens is 1. The molecule has 2 aromatic rings. The summed E-state index contributed by atoms with van der Waals surface area (Å²) in [6.45, 7) is 0. The summed E-state index contributed by atoms with van der Waals surface area (Å²) in [4.78, 5) is 23.0. The SMILES string of the molecule is O=C(O)/C(=C/c1ccc(F)cc1)C(=O)Oc1ccccc1. The van der Waals surface area contributed by atoms with Crippen molar-refractivity contribution in [2.24, 2.45) is 0 Å². The van der Waals surface area contributed by atoms with E-state index in [4.69, 9.17) is 9.84 Å². The third-order valence-electron chi connectivity index (χ3n) is 2.59. The Labute approximate surface area is 120 Å². The molecule has 4 nitrogen and oxygen atoms in total. The van der Waals surface area contributed by atoms with Crippen molar-refractivity contribution in [2.75, 3.05) is 0 Å². The molecule has 0 aliphatic heterocycles. The summed E-state index contributed by atoms with van der Waals surface area (Å²) in [7, 11) is 0. The van der Waals surface area contributed by atoms with Gasteiger partial charge in [-0.1, -0.05) is 30.3 Å². The van der Waals surface area contributed by atoms with Crippen molar-refractivity contribution in [3.63, 3.8) is 0 Å². The lowest BCUT2D eigenvalue weighted by molar-refractivity contribution is -0.138. The van der Waals surface area contributed by atoms with Gasteiger partial charge in [0.25, 0.3) is 0 Å². The third-order valence-corrected chi connectivity index (χ3v) is 2.59. The van der Waals surface area contributed by atoms with Crippen molar-refractivity contribution < 1.29 is 23.8 Å². The summed E-state index contributed by atoms with van der Waals surface area (Å²) in [5.74, 6) is -2.61. The number of carbonyl (C=O) groups excluding carboxylic acids is 1. The highest BCUT2D eigenvalue weighted by Gasteiger charge is 2.19. The standard InChI is InChI=1S/C16H11FO4/c17-12-8-6-11(7-9-12)10-14(15(18)19)16(20)21-13-4-2-1-3-5-13/h1-10H,(H,18,19)/b14-10-. The van der Waals surface area contributed by atoms with Crippen LogP contribution in [0.1, 0.15) is 5.56 Å². The number of rotatable bonds is 4. The van der Waals surface area contributed by atoms with Crippen LogP contribution in [0.25, 0.3) is 6.08 Å². The lowest BCUT2D eigenvalue weighted by Crippen LogP contribution is -2.17. The second kappa shape index (κ2) is 6.47. The molecule has 0 aromatic heterocycles. The van der Waals surface area contributed by atoms with E-state index in [0.29, 0.717) is 5.56 Å². The van der Waals surface area contributed by atoms with Crippen molar-refractivity contribution >= 4 is 18.0 Å². The number of ether oxygens (including phenoxy) is 1.